The molecule has 24 heavy (non-hydrogen) atoms. The molecule has 124 valence electrons. The Hall–Kier alpha value is -3.08. The van der Waals surface area contributed by atoms with Crippen molar-refractivity contribution < 1.29 is 22.4 Å². The molecule has 0 unspecified atom stereocenters. The van der Waals surface area contributed by atoms with Crippen molar-refractivity contribution in [1.82, 2.24) is 5.32 Å². The van der Waals surface area contributed by atoms with Crippen LogP contribution in [0.4, 0.5) is 28.9 Å². The molecule has 0 aliphatic carbocycles. The van der Waals surface area contributed by atoms with Crippen LogP contribution >= 0.6 is 0 Å². The summed E-state index contributed by atoms with van der Waals surface area (Å²) in [7, 11) is 0. The summed E-state index contributed by atoms with van der Waals surface area (Å²) < 4.78 is 49.3. The van der Waals surface area contributed by atoms with Gasteiger partial charge in [-0.25, -0.2) is 4.39 Å². The number of anilines is 2. The molecular weight excluding hydrogens is 326 g/mol. The van der Waals surface area contributed by atoms with E-state index in [4.69, 9.17) is 5.26 Å². The van der Waals surface area contributed by atoms with E-state index in [0.717, 1.165) is 6.07 Å². The Morgan fingerprint density at radius 1 is 1.12 bits per heavy atom. The lowest BCUT2D eigenvalue weighted by Gasteiger charge is -2.10. The van der Waals surface area contributed by atoms with Gasteiger partial charge in [-0.3, -0.25) is 4.79 Å². The van der Waals surface area contributed by atoms with Crippen molar-refractivity contribution >= 4 is 17.3 Å². The first-order valence-electron chi connectivity index (χ1n) is 6.70. The molecule has 1 amide bonds. The second-order valence-electron chi connectivity index (χ2n) is 4.80. The maximum absolute atomic E-state index is 13.1. The van der Waals surface area contributed by atoms with Crippen molar-refractivity contribution in [3.8, 4) is 6.07 Å². The SMILES string of the molecule is N#Cc1cc(F)ccc1Nc1ccc(CNC(=O)C(F)(F)F)cc1. The highest BCUT2D eigenvalue weighted by atomic mass is 19.4. The Labute approximate surface area is 134 Å². The molecule has 0 fully saturated rings. The van der Waals surface area contributed by atoms with Crippen molar-refractivity contribution in [2.75, 3.05) is 5.32 Å². The first kappa shape index (κ1) is 17.3. The molecule has 0 saturated heterocycles. The van der Waals surface area contributed by atoms with Crippen LogP contribution in [0.2, 0.25) is 0 Å². The fourth-order valence-electron chi connectivity index (χ4n) is 1.86. The van der Waals surface area contributed by atoms with Gasteiger partial charge in [0.05, 0.1) is 11.3 Å². The van der Waals surface area contributed by atoms with Gasteiger partial charge in [0.15, 0.2) is 0 Å². The topological polar surface area (TPSA) is 64.9 Å². The van der Waals surface area contributed by atoms with Crippen molar-refractivity contribution in [3.05, 3.63) is 59.4 Å². The smallest absolute Gasteiger partial charge is 0.354 e. The normalized spacial score (nSPS) is 10.8. The molecule has 0 heterocycles. The standard InChI is InChI=1S/C16H11F4N3O/c17-12-3-6-14(11(7-12)8-21)23-13-4-1-10(2-5-13)9-22-15(24)16(18,19)20/h1-7,23H,9H2,(H,22,24). The molecule has 8 heteroatoms. The zero-order valence-corrected chi connectivity index (χ0v) is 12.1. The number of carbonyl (C=O) groups excluding carboxylic acids is 1. The van der Waals surface area contributed by atoms with Crippen LogP contribution in [0.15, 0.2) is 42.5 Å². The molecule has 0 bridgehead atoms. The zero-order chi connectivity index (χ0) is 17.7. The zero-order valence-electron chi connectivity index (χ0n) is 12.1. The summed E-state index contributed by atoms with van der Waals surface area (Å²) in [6, 6.07) is 11.7. The van der Waals surface area contributed by atoms with Crippen LogP contribution in [-0.2, 0) is 11.3 Å². The molecule has 0 saturated carbocycles. The van der Waals surface area contributed by atoms with Gasteiger partial charge in [0, 0.05) is 12.2 Å². The number of nitrogens with zero attached hydrogens (tertiary/aromatic N) is 1. The summed E-state index contributed by atoms with van der Waals surface area (Å²) >= 11 is 0. The highest BCUT2D eigenvalue weighted by Gasteiger charge is 2.38. The van der Waals surface area contributed by atoms with Gasteiger partial charge >= 0.3 is 12.1 Å². The largest absolute Gasteiger partial charge is 0.471 e. The number of nitrogens with one attached hydrogen (secondary N) is 2. The lowest BCUT2D eigenvalue weighted by Crippen LogP contribution is -2.36. The molecule has 0 aliphatic rings. The molecule has 0 aromatic heterocycles. The van der Waals surface area contributed by atoms with E-state index in [2.05, 4.69) is 5.32 Å². The van der Waals surface area contributed by atoms with Gasteiger partial charge in [0.2, 0.25) is 0 Å². The molecule has 0 aliphatic heterocycles. The fraction of sp³-hybridized carbons (Fsp3) is 0.125. The number of rotatable bonds is 4. The van der Waals surface area contributed by atoms with Crippen LogP contribution in [0, 0.1) is 17.1 Å². The van der Waals surface area contributed by atoms with Gasteiger partial charge in [0.25, 0.3) is 0 Å². The number of benzene rings is 2. The quantitative estimate of drug-likeness (QED) is 0.838. The van der Waals surface area contributed by atoms with E-state index in [9.17, 15) is 22.4 Å². The Balaban J connectivity index is 2.03. The van der Waals surface area contributed by atoms with Gasteiger partial charge in [-0.2, -0.15) is 18.4 Å². The third-order valence-corrected chi connectivity index (χ3v) is 3.05. The number of hydrogen-bond donors (Lipinski definition) is 2. The van der Waals surface area contributed by atoms with Crippen LogP contribution in [-0.4, -0.2) is 12.1 Å². The summed E-state index contributed by atoms with van der Waals surface area (Å²) in [5.41, 5.74) is 1.55. The lowest BCUT2D eigenvalue weighted by molar-refractivity contribution is -0.173. The van der Waals surface area contributed by atoms with Crippen molar-refractivity contribution in [3.63, 3.8) is 0 Å². The van der Waals surface area contributed by atoms with Gasteiger partial charge < -0.3 is 10.6 Å². The second-order valence-corrected chi connectivity index (χ2v) is 4.80. The third kappa shape index (κ3) is 4.46. The van der Waals surface area contributed by atoms with E-state index in [1.54, 1.807) is 17.4 Å². The molecule has 0 atom stereocenters. The van der Waals surface area contributed by atoms with E-state index in [1.165, 1.54) is 24.3 Å². The molecule has 2 aromatic rings. The van der Waals surface area contributed by atoms with Crippen molar-refractivity contribution in [2.45, 2.75) is 12.7 Å². The summed E-state index contributed by atoms with van der Waals surface area (Å²) in [6.45, 7) is -0.265. The second kappa shape index (κ2) is 7.00. The van der Waals surface area contributed by atoms with E-state index >= 15 is 0 Å². The molecule has 0 radical (unpaired) electrons. The van der Waals surface area contributed by atoms with E-state index in [-0.39, 0.29) is 12.1 Å². The average molecular weight is 337 g/mol. The van der Waals surface area contributed by atoms with E-state index in [0.29, 0.717) is 16.9 Å². The monoisotopic (exact) mass is 337 g/mol. The van der Waals surface area contributed by atoms with Crippen LogP contribution in [0.5, 0.6) is 0 Å². The average Bonchev–Trinajstić information content (AvgIpc) is 2.54. The molecule has 0 spiro atoms. The molecule has 2 N–H and O–H groups in total. The van der Waals surface area contributed by atoms with E-state index < -0.39 is 17.9 Å². The van der Waals surface area contributed by atoms with Gasteiger partial charge in [0.1, 0.15) is 11.9 Å². The summed E-state index contributed by atoms with van der Waals surface area (Å²) in [6.07, 6.45) is -4.92. The molecule has 4 nitrogen and oxygen atoms in total. The molecule has 2 rings (SSSR count). The highest BCUT2D eigenvalue weighted by molar-refractivity contribution is 5.81. The third-order valence-electron chi connectivity index (χ3n) is 3.05. The predicted molar refractivity (Wildman–Crippen MR) is 78.7 cm³/mol. The van der Waals surface area contributed by atoms with Crippen LogP contribution in [0.25, 0.3) is 0 Å². The summed E-state index contributed by atoms with van der Waals surface area (Å²) in [5, 5.41) is 13.6. The summed E-state index contributed by atoms with van der Waals surface area (Å²) in [4.78, 5) is 10.7. The highest BCUT2D eigenvalue weighted by Crippen LogP contribution is 2.22. The van der Waals surface area contributed by atoms with Gasteiger partial charge in [-0.1, -0.05) is 12.1 Å². The number of nitriles is 1. The number of amides is 1. The van der Waals surface area contributed by atoms with Crippen molar-refractivity contribution in [2.24, 2.45) is 0 Å². The van der Waals surface area contributed by atoms with Crippen LogP contribution < -0.4 is 10.6 Å². The molecule has 2 aromatic carbocycles. The first-order valence-corrected chi connectivity index (χ1v) is 6.70. The minimum Gasteiger partial charge on any atom is -0.354 e. The summed E-state index contributed by atoms with van der Waals surface area (Å²) in [5.74, 6) is -2.54. The number of alkyl halides is 3. The maximum atomic E-state index is 13.1. The van der Waals surface area contributed by atoms with Crippen molar-refractivity contribution in [1.29, 1.82) is 5.26 Å². The van der Waals surface area contributed by atoms with Gasteiger partial charge in [-0.15, -0.1) is 0 Å². The van der Waals surface area contributed by atoms with E-state index in [1.807, 2.05) is 6.07 Å². The minimum atomic E-state index is -4.92. The Morgan fingerprint density at radius 2 is 1.79 bits per heavy atom. The van der Waals surface area contributed by atoms with Crippen LogP contribution in [0.3, 0.4) is 0 Å². The lowest BCUT2D eigenvalue weighted by atomic mass is 10.1. The number of carbonyl (C=O) groups is 1. The van der Waals surface area contributed by atoms with Crippen LogP contribution in [0.1, 0.15) is 11.1 Å². The number of hydrogen-bond acceptors (Lipinski definition) is 3. The van der Waals surface area contributed by atoms with Gasteiger partial charge in [-0.05, 0) is 35.9 Å². The Morgan fingerprint density at radius 3 is 2.38 bits per heavy atom. The first-order chi connectivity index (χ1) is 11.3. The minimum absolute atomic E-state index is 0.122. The maximum Gasteiger partial charge on any atom is 0.471 e. The number of halogens is 4. The Bertz CT molecular complexity index is 779. The Kier molecular flexibility index (Phi) is 5.04. The molecular formula is C16H11F4N3O. The fourth-order valence-corrected chi connectivity index (χ4v) is 1.86. The predicted octanol–water partition coefficient (Wildman–Crippen LogP) is 3.62.